The number of thiophene rings is 1. The Morgan fingerprint density at radius 3 is 1.51 bits per heavy atom. The molecule has 0 spiro atoms. The molecule has 2 aromatic heterocycles. The lowest BCUT2D eigenvalue weighted by Crippen LogP contribution is -2.10. The van der Waals surface area contributed by atoms with Crippen molar-refractivity contribution in [3.05, 3.63) is 194 Å². The summed E-state index contributed by atoms with van der Waals surface area (Å²) in [5.74, 6) is 0. The molecule has 3 heteroatoms. The predicted molar refractivity (Wildman–Crippen MR) is 219 cm³/mol. The van der Waals surface area contributed by atoms with Crippen molar-refractivity contribution in [3.63, 3.8) is 0 Å². The zero-order valence-electron chi connectivity index (χ0n) is 27.8. The van der Waals surface area contributed by atoms with Gasteiger partial charge in [0.15, 0.2) is 0 Å². The molecule has 0 saturated carbocycles. The van der Waals surface area contributed by atoms with Gasteiger partial charge in [0.25, 0.3) is 0 Å². The first kappa shape index (κ1) is 29.5. The van der Waals surface area contributed by atoms with Crippen molar-refractivity contribution in [2.45, 2.75) is 0 Å². The summed E-state index contributed by atoms with van der Waals surface area (Å²) >= 11 is 1.89. The van der Waals surface area contributed by atoms with Crippen molar-refractivity contribution >= 4 is 70.4 Å². The van der Waals surface area contributed by atoms with Crippen LogP contribution in [-0.4, -0.2) is 4.57 Å². The van der Waals surface area contributed by atoms with Crippen LogP contribution in [0, 0.1) is 0 Å². The molecule has 0 atom stereocenters. The average molecular weight is 669 g/mol. The molecule has 10 aromatic rings. The fraction of sp³-hybridized carbons (Fsp3) is 0. The summed E-state index contributed by atoms with van der Waals surface area (Å²) in [6.45, 7) is 0. The lowest BCUT2D eigenvalue weighted by atomic mass is 10.0. The van der Waals surface area contributed by atoms with E-state index in [1.165, 1.54) is 64.2 Å². The summed E-state index contributed by atoms with van der Waals surface area (Å²) in [4.78, 5) is 2.38. The maximum Gasteiger partial charge on any atom is 0.0562 e. The Bertz CT molecular complexity index is 2730. The highest BCUT2D eigenvalue weighted by molar-refractivity contribution is 7.26. The second-order valence-corrected chi connectivity index (χ2v) is 14.0. The first-order chi connectivity index (χ1) is 25.3. The first-order valence-corrected chi connectivity index (χ1v) is 18.2. The Kier molecular flexibility index (Phi) is 7.04. The molecule has 0 saturated heterocycles. The van der Waals surface area contributed by atoms with Crippen LogP contribution in [0.2, 0.25) is 0 Å². The molecule has 8 aromatic carbocycles. The van der Waals surface area contributed by atoms with Gasteiger partial charge in [-0.1, -0.05) is 133 Å². The number of hydrogen-bond acceptors (Lipinski definition) is 2. The molecule has 2 heterocycles. The van der Waals surface area contributed by atoms with Gasteiger partial charge in [0.05, 0.1) is 11.0 Å². The van der Waals surface area contributed by atoms with Gasteiger partial charge in [-0.3, -0.25) is 0 Å². The zero-order valence-corrected chi connectivity index (χ0v) is 28.6. The molecule has 240 valence electrons. The summed E-state index contributed by atoms with van der Waals surface area (Å²) in [5.41, 5.74) is 11.7. The summed E-state index contributed by atoms with van der Waals surface area (Å²) in [6, 6.07) is 70.2. The molecule has 0 amide bonds. The molecular formula is C48H32N2S. The largest absolute Gasteiger partial charge is 0.310 e. The minimum Gasteiger partial charge on any atom is -0.310 e. The van der Waals surface area contributed by atoms with Gasteiger partial charge in [-0.2, -0.15) is 0 Å². The van der Waals surface area contributed by atoms with E-state index in [-0.39, 0.29) is 0 Å². The molecule has 0 bridgehead atoms. The molecule has 10 rings (SSSR count). The van der Waals surface area contributed by atoms with Crippen LogP contribution < -0.4 is 4.90 Å². The molecule has 0 unspecified atom stereocenters. The van der Waals surface area contributed by atoms with Crippen molar-refractivity contribution in [1.82, 2.24) is 4.57 Å². The predicted octanol–water partition coefficient (Wildman–Crippen LogP) is 14.0. The highest BCUT2D eigenvalue weighted by atomic mass is 32.1. The van der Waals surface area contributed by atoms with Gasteiger partial charge in [-0.25, -0.2) is 0 Å². The number of nitrogens with zero attached hydrogens (tertiary/aromatic N) is 2. The topological polar surface area (TPSA) is 8.17 Å². The minimum absolute atomic E-state index is 1.11. The Labute approximate surface area is 300 Å². The molecule has 0 fully saturated rings. The number of hydrogen-bond donors (Lipinski definition) is 0. The fourth-order valence-electron chi connectivity index (χ4n) is 7.58. The highest BCUT2D eigenvalue weighted by Gasteiger charge is 2.20. The number of para-hydroxylation sites is 1. The van der Waals surface area contributed by atoms with Crippen molar-refractivity contribution in [2.75, 3.05) is 4.90 Å². The van der Waals surface area contributed by atoms with Crippen molar-refractivity contribution in [3.8, 4) is 27.9 Å². The van der Waals surface area contributed by atoms with Crippen LogP contribution in [0.25, 0.3) is 69.9 Å². The van der Waals surface area contributed by atoms with E-state index < -0.39 is 0 Å². The Morgan fingerprint density at radius 1 is 0.373 bits per heavy atom. The van der Waals surface area contributed by atoms with Gasteiger partial charge in [-0.15, -0.1) is 11.3 Å². The summed E-state index contributed by atoms with van der Waals surface area (Å²) in [7, 11) is 0. The van der Waals surface area contributed by atoms with Crippen LogP contribution in [0.1, 0.15) is 0 Å². The summed E-state index contributed by atoms with van der Waals surface area (Å²) in [6.07, 6.45) is 0. The van der Waals surface area contributed by atoms with Gasteiger partial charge in [0.2, 0.25) is 0 Å². The standard InChI is InChI=1S/C48H32N2S/c1-4-12-33(13-5-1)35-20-24-38(25-21-35)49(39-26-22-36(23-27-39)34-14-6-2-7-15-34)40-28-29-43-45(32-40)50(37-16-8-3-9-17-37)44-31-30-42-41-18-10-11-19-46(41)51-48(42)47(43)44/h1-32H. The van der Waals surface area contributed by atoms with Gasteiger partial charge < -0.3 is 9.47 Å². The van der Waals surface area contributed by atoms with Crippen molar-refractivity contribution in [2.24, 2.45) is 0 Å². The van der Waals surface area contributed by atoms with Crippen molar-refractivity contribution in [1.29, 1.82) is 0 Å². The van der Waals surface area contributed by atoms with E-state index in [1.807, 2.05) is 11.3 Å². The smallest absolute Gasteiger partial charge is 0.0562 e. The van der Waals surface area contributed by atoms with Crippen LogP contribution in [0.15, 0.2) is 194 Å². The molecule has 2 nitrogen and oxygen atoms in total. The molecule has 0 aliphatic carbocycles. The molecule has 0 aliphatic heterocycles. The van der Waals surface area contributed by atoms with Crippen molar-refractivity contribution < 1.29 is 0 Å². The molecule has 0 aliphatic rings. The van der Waals surface area contributed by atoms with E-state index in [0.717, 1.165) is 22.7 Å². The Hall–Kier alpha value is -6.42. The van der Waals surface area contributed by atoms with Crippen LogP contribution >= 0.6 is 11.3 Å². The van der Waals surface area contributed by atoms with Gasteiger partial charge >= 0.3 is 0 Å². The highest BCUT2D eigenvalue weighted by Crippen LogP contribution is 2.45. The van der Waals surface area contributed by atoms with Gasteiger partial charge in [0.1, 0.15) is 0 Å². The summed E-state index contributed by atoms with van der Waals surface area (Å²) < 4.78 is 5.10. The van der Waals surface area contributed by atoms with Gasteiger partial charge in [-0.05, 0) is 82.9 Å². The van der Waals surface area contributed by atoms with E-state index in [9.17, 15) is 0 Å². The second kappa shape index (κ2) is 12.2. The maximum absolute atomic E-state index is 2.44. The third kappa shape index (κ3) is 5.01. The SMILES string of the molecule is c1ccc(-c2ccc(N(c3ccc(-c4ccccc4)cc3)c3ccc4c5c6sc7ccccc7c6ccc5n(-c5ccccc5)c4c3)cc2)cc1. The van der Waals surface area contributed by atoms with E-state index in [0.29, 0.717) is 0 Å². The number of rotatable bonds is 6. The maximum atomic E-state index is 2.44. The number of benzene rings is 8. The molecule has 0 radical (unpaired) electrons. The zero-order chi connectivity index (χ0) is 33.7. The third-order valence-corrected chi connectivity index (χ3v) is 11.2. The Balaban J connectivity index is 1.20. The number of anilines is 3. The van der Waals surface area contributed by atoms with Crippen LogP contribution in [0.3, 0.4) is 0 Å². The van der Waals surface area contributed by atoms with Crippen LogP contribution in [0.4, 0.5) is 17.1 Å². The monoisotopic (exact) mass is 668 g/mol. The van der Waals surface area contributed by atoms with E-state index in [2.05, 4.69) is 204 Å². The lowest BCUT2D eigenvalue weighted by Gasteiger charge is -2.26. The minimum atomic E-state index is 1.11. The third-order valence-electron chi connectivity index (χ3n) is 10.00. The quantitative estimate of drug-likeness (QED) is 0.171. The molecular weight excluding hydrogens is 637 g/mol. The summed E-state index contributed by atoms with van der Waals surface area (Å²) in [5, 5.41) is 5.21. The van der Waals surface area contributed by atoms with E-state index in [4.69, 9.17) is 0 Å². The van der Waals surface area contributed by atoms with Crippen LogP contribution in [-0.2, 0) is 0 Å². The fourth-order valence-corrected chi connectivity index (χ4v) is 8.84. The van der Waals surface area contributed by atoms with E-state index in [1.54, 1.807) is 0 Å². The van der Waals surface area contributed by atoms with Gasteiger partial charge in [0, 0.05) is 53.7 Å². The normalized spacial score (nSPS) is 11.5. The van der Waals surface area contributed by atoms with E-state index >= 15 is 0 Å². The number of fused-ring (bicyclic) bond motifs is 7. The Morgan fingerprint density at radius 2 is 0.882 bits per heavy atom. The average Bonchev–Trinajstić information content (AvgIpc) is 3.75. The molecule has 51 heavy (non-hydrogen) atoms. The first-order valence-electron chi connectivity index (χ1n) is 17.4. The van der Waals surface area contributed by atoms with Crippen LogP contribution in [0.5, 0.6) is 0 Å². The number of aromatic nitrogens is 1. The lowest BCUT2D eigenvalue weighted by molar-refractivity contribution is 1.18. The second-order valence-electron chi connectivity index (χ2n) is 13.0. The molecule has 0 N–H and O–H groups in total.